The Labute approximate surface area is 169 Å². The van der Waals surface area contributed by atoms with Crippen molar-refractivity contribution in [3.8, 4) is 5.88 Å². The van der Waals surface area contributed by atoms with Crippen LogP contribution in [0.1, 0.15) is 35.5 Å². The minimum atomic E-state index is -4.64. The molecule has 0 saturated carbocycles. The molecule has 0 aliphatic heterocycles. The van der Waals surface area contributed by atoms with Gasteiger partial charge in [0, 0.05) is 23.4 Å². The lowest BCUT2D eigenvalue weighted by molar-refractivity contribution is -0.154. The molecule has 0 fully saturated rings. The molecule has 2 N–H and O–H groups in total. The normalized spacial score (nSPS) is 11.5. The van der Waals surface area contributed by atoms with Gasteiger partial charge >= 0.3 is 6.18 Å². The average molecular weight is 428 g/mol. The van der Waals surface area contributed by atoms with Gasteiger partial charge in [0.15, 0.2) is 12.4 Å². The maximum Gasteiger partial charge on any atom is 0.422 e. The van der Waals surface area contributed by atoms with Gasteiger partial charge < -0.3 is 10.5 Å². The van der Waals surface area contributed by atoms with Crippen molar-refractivity contribution in [1.29, 1.82) is 0 Å². The number of primary amides is 1. The van der Waals surface area contributed by atoms with Gasteiger partial charge in [-0.15, -0.1) is 0 Å². The summed E-state index contributed by atoms with van der Waals surface area (Å²) in [4.78, 5) is 33.2. The van der Waals surface area contributed by atoms with Crippen LogP contribution in [0.3, 0.4) is 0 Å². The van der Waals surface area contributed by atoms with E-state index in [0.29, 0.717) is 0 Å². The predicted octanol–water partition coefficient (Wildman–Crippen LogP) is 3.15. The zero-order valence-corrected chi connectivity index (χ0v) is 16.5. The van der Waals surface area contributed by atoms with Crippen LogP contribution in [0, 0.1) is 18.7 Å². The summed E-state index contributed by atoms with van der Waals surface area (Å²) >= 11 is 0. The van der Waals surface area contributed by atoms with E-state index in [9.17, 15) is 27.2 Å². The van der Waals surface area contributed by atoms with Crippen LogP contribution in [0.4, 0.5) is 23.4 Å². The van der Waals surface area contributed by atoms with Gasteiger partial charge in [-0.05, 0) is 30.7 Å². The SMILES string of the molecule is Cc1nc(OCC(F)(F)F)c(F)cc1CN(C(=O)C(C)C)c1cc(C(N)=O)ccn1. The molecule has 2 heterocycles. The predicted molar refractivity (Wildman–Crippen MR) is 99.3 cm³/mol. The monoisotopic (exact) mass is 428 g/mol. The van der Waals surface area contributed by atoms with Crippen molar-refractivity contribution in [1.82, 2.24) is 9.97 Å². The highest BCUT2D eigenvalue weighted by molar-refractivity contribution is 5.97. The number of ether oxygens (including phenoxy) is 1. The van der Waals surface area contributed by atoms with Gasteiger partial charge in [0.05, 0.1) is 6.54 Å². The van der Waals surface area contributed by atoms with Gasteiger partial charge in [0.25, 0.3) is 5.88 Å². The van der Waals surface area contributed by atoms with Crippen molar-refractivity contribution in [2.75, 3.05) is 11.5 Å². The van der Waals surface area contributed by atoms with E-state index in [1.165, 1.54) is 30.2 Å². The van der Waals surface area contributed by atoms with Gasteiger partial charge in [0.1, 0.15) is 5.82 Å². The minimum absolute atomic E-state index is 0.113. The van der Waals surface area contributed by atoms with Crippen molar-refractivity contribution in [2.24, 2.45) is 11.7 Å². The Hall–Kier alpha value is -3.24. The molecule has 0 atom stereocenters. The summed E-state index contributed by atoms with van der Waals surface area (Å²) in [6, 6.07) is 3.65. The van der Waals surface area contributed by atoms with E-state index in [1.54, 1.807) is 13.8 Å². The molecule has 7 nitrogen and oxygen atoms in total. The molecule has 162 valence electrons. The lowest BCUT2D eigenvalue weighted by atomic mass is 10.1. The average Bonchev–Trinajstić information content (AvgIpc) is 2.66. The fourth-order valence-electron chi connectivity index (χ4n) is 2.48. The molecule has 2 rings (SSSR count). The summed E-state index contributed by atoms with van der Waals surface area (Å²) in [5, 5.41) is 0. The summed E-state index contributed by atoms with van der Waals surface area (Å²) in [5.74, 6) is -3.33. The maximum absolute atomic E-state index is 14.3. The molecule has 0 aliphatic carbocycles. The van der Waals surface area contributed by atoms with Gasteiger partial charge in [-0.25, -0.2) is 14.4 Å². The fraction of sp³-hybridized carbons (Fsp3) is 0.368. The molecule has 2 aromatic rings. The van der Waals surface area contributed by atoms with E-state index >= 15 is 0 Å². The van der Waals surface area contributed by atoms with Crippen LogP contribution in [0.25, 0.3) is 0 Å². The molecule has 0 unspecified atom stereocenters. The van der Waals surface area contributed by atoms with Crippen molar-refractivity contribution in [2.45, 2.75) is 33.5 Å². The number of rotatable bonds is 7. The first-order valence-electron chi connectivity index (χ1n) is 8.82. The minimum Gasteiger partial charge on any atom is -0.466 e. The third kappa shape index (κ3) is 5.88. The number of nitrogens with zero attached hydrogens (tertiary/aromatic N) is 3. The van der Waals surface area contributed by atoms with Crippen molar-refractivity contribution in [3.63, 3.8) is 0 Å². The molecular formula is C19H20F4N4O3. The van der Waals surface area contributed by atoms with Crippen molar-refractivity contribution < 1.29 is 31.9 Å². The number of carbonyl (C=O) groups excluding carboxylic acids is 2. The quantitative estimate of drug-likeness (QED) is 0.683. The Balaban J connectivity index is 2.39. The van der Waals surface area contributed by atoms with E-state index in [-0.39, 0.29) is 35.1 Å². The molecule has 11 heteroatoms. The standard InChI is InChI=1S/C19H20F4N4O3/c1-10(2)18(29)27(15-7-12(16(24)28)4-5-25-15)8-13-6-14(20)17(26-11(13)3)30-9-19(21,22)23/h4-7,10H,8-9H2,1-3H3,(H2,24,28). The first kappa shape index (κ1) is 23.0. The van der Waals surface area contributed by atoms with Crippen LogP contribution in [0.2, 0.25) is 0 Å². The topological polar surface area (TPSA) is 98.4 Å². The summed E-state index contributed by atoms with van der Waals surface area (Å²) in [7, 11) is 0. The van der Waals surface area contributed by atoms with Crippen molar-refractivity contribution in [3.05, 3.63) is 47.0 Å². The lowest BCUT2D eigenvalue weighted by Gasteiger charge is -2.25. The molecule has 0 aromatic carbocycles. The molecule has 0 radical (unpaired) electrons. The second kappa shape index (κ2) is 9.06. The number of alkyl halides is 3. The van der Waals surface area contributed by atoms with Crippen LogP contribution in [0.15, 0.2) is 24.4 Å². The van der Waals surface area contributed by atoms with E-state index in [4.69, 9.17) is 5.73 Å². The van der Waals surface area contributed by atoms with Crippen LogP contribution < -0.4 is 15.4 Å². The van der Waals surface area contributed by atoms with E-state index in [0.717, 1.165) is 6.07 Å². The molecule has 0 spiro atoms. The highest BCUT2D eigenvalue weighted by atomic mass is 19.4. The number of aryl methyl sites for hydroxylation is 1. The number of nitrogens with two attached hydrogens (primary N) is 1. The van der Waals surface area contributed by atoms with E-state index in [2.05, 4.69) is 14.7 Å². The first-order valence-corrected chi connectivity index (χ1v) is 8.82. The first-order chi connectivity index (χ1) is 13.9. The Morgan fingerprint density at radius 2 is 1.93 bits per heavy atom. The molecule has 2 aromatic heterocycles. The summed E-state index contributed by atoms with van der Waals surface area (Å²) in [5.41, 5.74) is 5.79. The Kier molecular flexibility index (Phi) is 6.96. The van der Waals surface area contributed by atoms with Crippen LogP contribution in [-0.2, 0) is 11.3 Å². The van der Waals surface area contributed by atoms with Crippen LogP contribution in [-0.4, -0.2) is 34.6 Å². The molecule has 0 aliphatic rings. The fourth-order valence-corrected chi connectivity index (χ4v) is 2.48. The lowest BCUT2D eigenvalue weighted by Crippen LogP contribution is -2.35. The smallest absolute Gasteiger partial charge is 0.422 e. The largest absolute Gasteiger partial charge is 0.466 e. The van der Waals surface area contributed by atoms with E-state index in [1.807, 2.05) is 0 Å². The summed E-state index contributed by atoms with van der Waals surface area (Å²) < 4.78 is 55.6. The number of hydrogen-bond donors (Lipinski definition) is 1. The van der Waals surface area contributed by atoms with Crippen LogP contribution >= 0.6 is 0 Å². The number of anilines is 1. The molecule has 0 bridgehead atoms. The Morgan fingerprint density at radius 3 is 2.50 bits per heavy atom. The zero-order valence-electron chi connectivity index (χ0n) is 16.5. The maximum atomic E-state index is 14.3. The molecular weight excluding hydrogens is 408 g/mol. The molecule has 30 heavy (non-hydrogen) atoms. The third-order valence-corrected chi connectivity index (χ3v) is 4.01. The molecule has 2 amide bonds. The summed E-state index contributed by atoms with van der Waals surface area (Å²) in [6.07, 6.45) is -3.34. The Bertz CT molecular complexity index is 948. The van der Waals surface area contributed by atoms with Gasteiger partial charge in [-0.3, -0.25) is 14.5 Å². The molecule has 0 saturated heterocycles. The number of hydrogen-bond acceptors (Lipinski definition) is 5. The number of pyridine rings is 2. The van der Waals surface area contributed by atoms with Gasteiger partial charge in [-0.2, -0.15) is 13.2 Å². The number of aromatic nitrogens is 2. The summed E-state index contributed by atoms with van der Waals surface area (Å²) in [6.45, 7) is 2.87. The van der Waals surface area contributed by atoms with Crippen LogP contribution in [0.5, 0.6) is 5.88 Å². The second-order valence-corrected chi connectivity index (χ2v) is 6.77. The zero-order chi connectivity index (χ0) is 22.6. The van der Waals surface area contributed by atoms with Gasteiger partial charge in [-0.1, -0.05) is 13.8 Å². The van der Waals surface area contributed by atoms with E-state index < -0.39 is 36.3 Å². The second-order valence-electron chi connectivity index (χ2n) is 6.77. The van der Waals surface area contributed by atoms with Gasteiger partial charge in [0.2, 0.25) is 11.8 Å². The number of amides is 2. The number of halogens is 4. The highest BCUT2D eigenvalue weighted by Crippen LogP contribution is 2.25. The number of carbonyl (C=O) groups is 2. The third-order valence-electron chi connectivity index (χ3n) is 4.01. The van der Waals surface area contributed by atoms with Crippen molar-refractivity contribution >= 4 is 17.6 Å². The Morgan fingerprint density at radius 1 is 1.27 bits per heavy atom. The highest BCUT2D eigenvalue weighted by Gasteiger charge is 2.30.